The van der Waals surface area contributed by atoms with Gasteiger partial charge in [-0.1, -0.05) is 26.2 Å². The molecule has 3 heteroatoms. The molecule has 0 atom stereocenters. The Labute approximate surface area is 104 Å². The first-order chi connectivity index (χ1) is 8.23. The summed E-state index contributed by atoms with van der Waals surface area (Å²) in [4.78, 5) is 4.33. The summed E-state index contributed by atoms with van der Waals surface area (Å²) in [7, 11) is 1.69. The van der Waals surface area contributed by atoms with Crippen molar-refractivity contribution in [2.75, 3.05) is 19.0 Å². The number of nitrogens with zero attached hydrogens (tertiary/aromatic N) is 1. The third-order valence-corrected chi connectivity index (χ3v) is 3.73. The van der Waals surface area contributed by atoms with Crippen LogP contribution in [0.1, 0.15) is 39.0 Å². The lowest BCUT2D eigenvalue weighted by Gasteiger charge is -2.33. The van der Waals surface area contributed by atoms with E-state index >= 15 is 0 Å². The first kappa shape index (κ1) is 12.2. The van der Waals surface area contributed by atoms with E-state index in [1.807, 2.05) is 12.1 Å². The molecule has 1 heterocycles. The van der Waals surface area contributed by atoms with E-state index in [1.165, 1.54) is 32.1 Å². The molecule has 0 saturated heterocycles. The number of nitrogens with one attached hydrogen (secondary N) is 1. The molecule has 0 radical (unpaired) electrons. The maximum absolute atomic E-state index is 5.29. The van der Waals surface area contributed by atoms with Gasteiger partial charge in [0.05, 0.1) is 7.11 Å². The molecular weight excluding hydrogens is 212 g/mol. The highest BCUT2D eigenvalue weighted by Crippen LogP contribution is 2.36. The van der Waals surface area contributed by atoms with Crippen molar-refractivity contribution in [1.82, 2.24) is 4.98 Å². The Kier molecular flexibility index (Phi) is 3.87. The number of pyridine rings is 1. The number of hydrogen-bond donors (Lipinski definition) is 1. The normalized spacial score (nSPS) is 18.7. The van der Waals surface area contributed by atoms with Crippen molar-refractivity contribution >= 4 is 5.82 Å². The highest BCUT2D eigenvalue weighted by Gasteiger charge is 2.26. The second-order valence-corrected chi connectivity index (χ2v) is 5.28. The summed E-state index contributed by atoms with van der Waals surface area (Å²) in [5.74, 6) is 1.69. The van der Waals surface area contributed by atoms with Crippen LogP contribution in [0.2, 0.25) is 0 Å². The maximum atomic E-state index is 5.29. The van der Waals surface area contributed by atoms with Gasteiger partial charge in [-0.05, 0) is 30.4 Å². The molecule has 0 amide bonds. The minimum atomic E-state index is 0.417. The van der Waals surface area contributed by atoms with E-state index in [1.54, 1.807) is 13.3 Å². The molecule has 1 aliphatic carbocycles. The SMILES string of the molecule is COc1cccnc1NCC1(C)CCCCC1. The molecule has 0 unspecified atom stereocenters. The van der Waals surface area contributed by atoms with E-state index in [2.05, 4.69) is 17.2 Å². The average molecular weight is 234 g/mol. The zero-order chi connectivity index (χ0) is 12.1. The van der Waals surface area contributed by atoms with Gasteiger partial charge in [0.1, 0.15) is 0 Å². The number of ether oxygens (including phenoxy) is 1. The molecule has 1 saturated carbocycles. The topological polar surface area (TPSA) is 34.1 Å². The van der Waals surface area contributed by atoms with Crippen molar-refractivity contribution in [3.63, 3.8) is 0 Å². The van der Waals surface area contributed by atoms with Crippen LogP contribution in [0.3, 0.4) is 0 Å². The summed E-state index contributed by atoms with van der Waals surface area (Å²) in [5, 5.41) is 3.44. The van der Waals surface area contributed by atoms with Crippen LogP contribution in [0.5, 0.6) is 5.75 Å². The lowest BCUT2D eigenvalue weighted by Crippen LogP contribution is -2.29. The Balaban J connectivity index is 1.96. The molecule has 2 rings (SSSR count). The van der Waals surface area contributed by atoms with Gasteiger partial charge in [0.2, 0.25) is 0 Å². The summed E-state index contributed by atoms with van der Waals surface area (Å²) in [5.41, 5.74) is 0.417. The predicted octanol–water partition coefficient (Wildman–Crippen LogP) is 3.47. The first-order valence-corrected chi connectivity index (χ1v) is 6.46. The molecule has 0 aromatic carbocycles. The van der Waals surface area contributed by atoms with Crippen molar-refractivity contribution in [1.29, 1.82) is 0 Å². The minimum absolute atomic E-state index is 0.417. The third-order valence-electron chi connectivity index (χ3n) is 3.73. The van der Waals surface area contributed by atoms with E-state index in [9.17, 15) is 0 Å². The van der Waals surface area contributed by atoms with Crippen molar-refractivity contribution < 1.29 is 4.74 Å². The largest absolute Gasteiger partial charge is 0.493 e. The third kappa shape index (κ3) is 3.11. The fourth-order valence-electron chi connectivity index (χ4n) is 2.57. The van der Waals surface area contributed by atoms with Gasteiger partial charge in [0.15, 0.2) is 11.6 Å². The van der Waals surface area contributed by atoms with Gasteiger partial charge in [0, 0.05) is 12.7 Å². The fourth-order valence-corrected chi connectivity index (χ4v) is 2.57. The second kappa shape index (κ2) is 5.39. The van der Waals surface area contributed by atoms with Crippen molar-refractivity contribution in [2.45, 2.75) is 39.0 Å². The van der Waals surface area contributed by atoms with Gasteiger partial charge in [-0.2, -0.15) is 0 Å². The monoisotopic (exact) mass is 234 g/mol. The summed E-state index contributed by atoms with van der Waals surface area (Å²) in [6.07, 6.45) is 8.54. The van der Waals surface area contributed by atoms with Gasteiger partial charge in [-0.15, -0.1) is 0 Å². The van der Waals surface area contributed by atoms with Crippen molar-refractivity contribution in [3.8, 4) is 5.75 Å². The number of anilines is 1. The average Bonchev–Trinajstić information content (AvgIpc) is 2.38. The van der Waals surface area contributed by atoms with Crippen LogP contribution in [0, 0.1) is 5.41 Å². The Hall–Kier alpha value is -1.25. The standard InChI is InChI=1S/C14H22N2O/c1-14(8-4-3-5-9-14)11-16-13-12(17-2)7-6-10-15-13/h6-7,10H,3-5,8-9,11H2,1-2H3,(H,15,16). The Morgan fingerprint density at radius 3 is 2.82 bits per heavy atom. The molecule has 17 heavy (non-hydrogen) atoms. The van der Waals surface area contributed by atoms with Crippen LogP contribution in [0.25, 0.3) is 0 Å². The van der Waals surface area contributed by atoms with Crippen LogP contribution in [-0.2, 0) is 0 Å². The van der Waals surface area contributed by atoms with Gasteiger partial charge in [0.25, 0.3) is 0 Å². The van der Waals surface area contributed by atoms with Crippen LogP contribution in [0.15, 0.2) is 18.3 Å². The summed E-state index contributed by atoms with van der Waals surface area (Å²) >= 11 is 0. The van der Waals surface area contributed by atoms with Gasteiger partial charge >= 0.3 is 0 Å². The van der Waals surface area contributed by atoms with Crippen molar-refractivity contribution in [3.05, 3.63) is 18.3 Å². The molecule has 1 aromatic heterocycles. The van der Waals surface area contributed by atoms with Gasteiger partial charge < -0.3 is 10.1 Å². The van der Waals surface area contributed by atoms with Gasteiger partial charge in [-0.3, -0.25) is 0 Å². The molecule has 0 bridgehead atoms. The smallest absolute Gasteiger partial charge is 0.168 e. The summed E-state index contributed by atoms with van der Waals surface area (Å²) in [6, 6.07) is 3.84. The Bertz CT molecular complexity index is 359. The predicted molar refractivity (Wildman–Crippen MR) is 70.5 cm³/mol. The Morgan fingerprint density at radius 1 is 1.35 bits per heavy atom. The van der Waals surface area contributed by atoms with E-state index in [4.69, 9.17) is 4.74 Å². The lowest BCUT2D eigenvalue weighted by atomic mass is 9.76. The van der Waals surface area contributed by atoms with Gasteiger partial charge in [-0.25, -0.2) is 4.98 Å². The molecule has 3 nitrogen and oxygen atoms in total. The fraction of sp³-hybridized carbons (Fsp3) is 0.643. The molecule has 1 N–H and O–H groups in total. The number of aromatic nitrogens is 1. The summed E-state index contributed by atoms with van der Waals surface area (Å²) < 4.78 is 5.29. The van der Waals surface area contributed by atoms with E-state index in [0.717, 1.165) is 18.1 Å². The highest BCUT2D eigenvalue weighted by molar-refractivity contribution is 5.49. The zero-order valence-electron chi connectivity index (χ0n) is 10.8. The number of hydrogen-bond acceptors (Lipinski definition) is 3. The minimum Gasteiger partial charge on any atom is -0.493 e. The van der Waals surface area contributed by atoms with E-state index < -0.39 is 0 Å². The molecule has 1 aromatic rings. The first-order valence-electron chi connectivity index (χ1n) is 6.46. The van der Waals surface area contributed by atoms with Crippen LogP contribution in [0.4, 0.5) is 5.82 Å². The molecule has 0 spiro atoms. The van der Waals surface area contributed by atoms with E-state index in [-0.39, 0.29) is 0 Å². The number of rotatable bonds is 4. The van der Waals surface area contributed by atoms with Crippen LogP contribution >= 0.6 is 0 Å². The molecule has 0 aliphatic heterocycles. The maximum Gasteiger partial charge on any atom is 0.168 e. The second-order valence-electron chi connectivity index (χ2n) is 5.28. The lowest BCUT2D eigenvalue weighted by molar-refractivity contribution is 0.233. The van der Waals surface area contributed by atoms with Crippen LogP contribution in [-0.4, -0.2) is 18.6 Å². The van der Waals surface area contributed by atoms with Crippen LogP contribution < -0.4 is 10.1 Å². The molecule has 1 aliphatic rings. The zero-order valence-corrected chi connectivity index (χ0v) is 10.8. The molecule has 1 fully saturated rings. The van der Waals surface area contributed by atoms with Crippen molar-refractivity contribution in [2.24, 2.45) is 5.41 Å². The number of methoxy groups -OCH3 is 1. The highest BCUT2D eigenvalue weighted by atomic mass is 16.5. The summed E-state index contributed by atoms with van der Waals surface area (Å²) in [6.45, 7) is 3.36. The Morgan fingerprint density at radius 2 is 2.12 bits per heavy atom. The molecular formula is C14H22N2O. The van der Waals surface area contributed by atoms with E-state index in [0.29, 0.717) is 5.41 Å². The molecule has 94 valence electrons. The quantitative estimate of drug-likeness (QED) is 0.866.